The minimum absolute atomic E-state index is 1.17. The Morgan fingerprint density at radius 1 is 0.591 bits per heavy atom. The normalized spacial score (nSPS) is 12.1. The van der Waals surface area contributed by atoms with Crippen LogP contribution >= 0.6 is 15.9 Å². The van der Waals surface area contributed by atoms with E-state index in [4.69, 9.17) is 0 Å². The smallest absolute Gasteiger partial charge is 0.0254 e. The van der Waals surface area contributed by atoms with Crippen LogP contribution in [0.4, 0.5) is 0 Å². The number of hydrogen-bond donors (Lipinski definition) is 0. The Hall–Kier alpha value is -2.12. The van der Waals surface area contributed by atoms with Crippen LogP contribution in [0, 0.1) is 6.92 Å². The lowest BCUT2D eigenvalue weighted by Gasteiger charge is -2.16. The molecule has 5 rings (SSSR count). The number of benzene rings is 5. The number of aryl methyl sites for hydroxylation is 1. The summed E-state index contributed by atoms with van der Waals surface area (Å²) < 4.78 is 1.17. The Morgan fingerprint density at radius 2 is 1.27 bits per heavy atom. The van der Waals surface area contributed by atoms with E-state index in [2.05, 4.69) is 83.5 Å². The largest absolute Gasteiger partial charge is 0.0616 e. The molecule has 0 aliphatic heterocycles. The van der Waals surface area contributed by atoms with Crippen molar-refractivity contribution in [2.45, 2.75) is 6.92 Å². The third kappa shape index (κ3) is 1.42. The molecule has 0 spiro atoms. The van der Waals surface area contributed by atoms with Crippen molar-refractivity contribution >= 4 is 59.0 Å². The molecule has 0 heterocycles. The van der Waals surface area contributed by atoms with Crippen molar-refractivity contribution in [2.24, 2.45) is 0 Å². The van der Waals surface area contributed by atoms with Gasteiger partial charge in [-0.2, -0.15) is 0 Å². The number of rotatable bonds is 0. The molecule has 0 unspecified atom stereocenters. The third-order valence-corrected chi connectivity index (χ3v) is 5.58. The molecule has 22 heavy (non-hydrogen) atoms. The van der Waals surface area contributed by atoms with E-state index in [0.29, 0.717) is 0 Å². The minimum Gasteiger partial charge on any atom is -0.0616 e. The van der Waals surface area contributed by atoms with Crippen LogP contribution in [-0.2, 0) is 0 Å². The molecule has 0 nitrogen and oxygen atoms in total. The number of halogens is 1. The fourth-order valence-corrected chi connectivity index (χ4v) is 4.30. The predicted molar refractivity (Wildman–Crippen MR) is 100 cm³/mol. The predicted octanol–water partition coefficient (Wildman–Crippen LogP) is 6.81. The first-order valence-electron chi connectivity index (χ1n) is 7.50. The van der Waals surface area contributed by atoms with Crippen molar-refractivity contribution in [3.63, 3.8) is 0 Å². The highest BCUT2D eigenvalue weighted by Crippen LogP contribution is 2.42. The molecule has 0 bridgehead atoms. The van der Waals surface area contributed by atoms with E-state index in [0.717, 1.165) is 0 Å². The lowest BCUT2D eigenvalue weighted by atomic mass is 9.88. The van der Waals surface area contributed by atoms with Gasteiger partial charge in [0, 0.05) is 4.47 Å². The average molecular weight is 345 g/mol. The summed E-state index contributed by atoms with van der Waals surface area (Å²) in [5.74, 6) is 0. The molecule has 0 fully saturated rings. The van der Waals surface area contributed by atoms with Gasteiger partial charge in [0.1, 0.15) is 0 Å². The van der Waals surface area contributed by atoms with Crippen molar-refractivity contribution in [1.29, 1.82) is 0 Å². The van der Waals surface area contributed by atoms with E-state index in [1.165, 1.54) is 53.1 Å². The highest BCUT2D eigenvalue weighted by molar-refractivity contribution is 9.10. The second kappa shape index (κ2) is 4.21. The summed E-state index contributed by atoms with van der Waals surface area (Å²) in [7, 11) is 0. The standard InChI is InChI=1S/C21H13Br/c1-12-14-4-2-3-5-16(14)17-9-10-18-19(22)11-7-13-6-8-15(12)21(17)20(13)18/h2-11H,1H3. The van der Waals surface area contributed by atoms with E-state index >= 15 is 0 Å². The fourth-order valence-electron chi connectivity index (χ4n) is 3.84. The summed E-state index contributed by atoms with van der Waals surface area (Å²) in [4.78, 5) is 0. The van der Waals surface area contributed by atoms with Crippen LogP contribution in [0.5, 0.6) is 0 Å². The topological polar surface area (TPSA) is 0 Å². The van der Waals surface area contributed by atoms with Crippen LogP contribution < -0.4 is 0 Å². The zero-order valence-corrected chi connectivity index (χ0v) is 13.7. The lowest BCUT2D eigenvalue weighted by molar-refractivity contribution is 1.59. The maximum absolute atomic E-state index is 3.71. The summed E-state index contributed by atoms with van der Waals surface area (Å²) >= 11 is 3.71. The number of fused-ring (bicyclic) bond motifs is 2. The van der Waals surface area contributed by atoms with E-state index < -0.39 is 0 Å². The molecule has 0 N–H and O–H groups in total. The SMILES string of the molecule is Cc1c2ccccc2c2ccc3c(Br)ccc4ccc1c2c43. The first-order valence-corrected chi connectivity index (χ1v) is 8.29. The summed E-state index contributed by atoms with van der Waals surface area (Å²) in [6.45, 7) is 2.24. The van der Waals surface area contributed by atoms with Gasteiger partial charge < -0.3 is 0 Å². The van der Waals surface area contributed by atoms with Crippen molar-refractivity contribution in [3.05, 3.63) is 70.7 Å². The highest BCUT2D eigenvalue weighted by atomic mass is 79.9. The molecule has 104 valence electrons. The van der Waals surface area contributed by atoms with Gasteiger partial charge in [-0.05, 0) is 61.6 Å². The Balaban J connectivity index is 2.24. The van der Waals surface area contributed by atoms with Gasteiger partial charge in [0.05, 0.1) is 0 Å². The van der Waals surface area contributed by atoms with E-state index in [1.54, 1.807) is 0 Å². The monoisotopic (exact) mass is 344 g/mol. The molecule has 0 atom stereocenters. The fraction of sp³-hybridized carbons (Fsp3) is 0.0476. The van der Waals surface area contributed by atoms with Gasteiger partial charge in [-0.1, -0.05) is 70.5 Å². The van der Waals surface area contributed by atoms with Gasteiger partial charge in [-0.15, -0.1) is 0 Å². The number of hydrogen-bond acceptors (Lipinski definition) is 0. The summed E-state index contributed by atoms with van der Waals surface area (Å²) in [5, 5.41) is 10.8. The molecular formula is C21H13Br. The Labute approximate surface area is 136 Å². The van der Waals surface area contributed by atoms with Gasteiger partial charge in [-0.25, -0.2) is 0 Å². The van der Waals surface area contributed by atoms with Gasteiger partial charge >= 0.3 is 0 Å². The van der Waals surface area contributed by atoms with Crippen molar-refractivity contribution < 1.29 is 0 Å². The summed E-state index contributed by atoms with van der Waals surface area (Å²) in [5.41, 5.74) is 1.37. The van der Waals surface area contributed by atoms with Gasteiger partial charge in [0.15, 0.2) is 0 Å². The third-order valence-electron chi connectivity index (χ3n) is 4.88. The molecule has 0 saturated heterocycles. The zero-order chi connectivity index (χ0) is 14.8. The van der Waals surface area contributed by atoms with Crippen LogP contribution in [0.15, 0.2) is 65.1 Å². The molecule has 1 heteroatoms. The molecule has 5 aromatic carbocycles. The van der Waals surface area contributed by atoms with Crippen LogP contribution in [0.1, 0.15) is 5.56 Å². The Bertz CT molecular complexity index is 1180. The second-order valence-corrected chi connectivity index (χ2v) is 6.82. The second-order valence-electron chi connectivity index (χ2n) is 5.96. The van der Waals surface area contributed by atoms with E-state index in [1.807, 2.05) is 0 Å². The van der Waals surface area contributed by atoms with E-state index in [9.17, 15) is 0 Å². The molecule has 5 aromatic rings. The molecule has 0 aliphatic carbocycles. The Morgan fingerprint density at radius 3 is 2.14 bits per heavy atom. The summed E-state index contributed by atoms with van der Waals surface area (Å²) in [6.07, 6.45) is 0. The maximum atomic E-state index is 3.71. The van der Waals surface area contributed by atoms with Crippen molar-refractivity contribution in [1.82, 2.24) is 0 Å². The van der Waals surface area contributed by atoms with Crippen molar-refractivity contribution in [3.8, 4) is 0 Å². The average Bonchev–Trinajstić information content (AvgIpc) is 2.57. The van der Waals surface area contributed by atoms with Gasteiger partial charge in [-0.3, -0.25) is 0 Å². The maximum Gasteiger partial charge on any atom is 0.0254 e. The first kappa shape index (κ1) is 12.4. The molecule has 0 aliphatic rings. The first-order chi connectivity index (χ1) is 10.8. The van der Waals surface area contributed by atoms with Crippen molar-refractivity contribution in [2.75, 3.05) is 0 Å². The quantitative estimate of drug-likeness (QED) is 0.214. The van der Waals surface area contributed by atoms with E-state index in [-0.39, 0.29) is 0 Å². The molecule has 0 saturated carbocycles. The van der Waals surface area contributed by atoms with Crippen LogP contribution in [0.2, 0.25) is 0 Å². The van der Waals surface area contributed by atoms with Crippen LogP contribution in [0.25, 0.3) is 43.1 Å². The highest BCUT2D eigenvalue weighted by Gasteiger charge is 2.14. The molecule has 0 radical (unpaired) electrons. The zero-order valence-electron chi connectivity index (χ0n) is 12.2. The Kier molecular flexibility index (Phi) is 2.38. The minimum atomic E-state index is 1.17. The lowest BCUT2D eigenvalue weighted by Crippen LogP contribution is -1.89. The van der Waals surface area contributed by atoms with Gasteiger partial charge in [0.2, 0.25) is 0 Å². The summed E-state index contributed by atoms with van der Waals surface area (Å²) in [6, 6.07) is 22.1. The molecule has 0 aromatic heterocycles. The van der Waals surface area contributed by atoms with Gasteiger partial charge in [0.25, 0.3) is 0 Å². The molecular weight excluding hydrogens is 332 g/mol. The molecule has 0 amide bonds. The van der Waals surface area contributed by atoms with Crippen LogP contribution in [0.3, 0.4) is 0 Å². The van der Waals surface area contributed by atoms with Crippen LogP contribution in [-0.4, -0.2) is 0 Å².